The summed E-state index contributed by atoms with van der Waals surface area (Å²) in [6.07, 6.45) is 8.46. The molecule has 0 radical (unpaired) electrons. The molecule has 4 nitrogen and oxygen atoms in total. The Balaban J connectivity index is 1.84. The van der Waals surface area contributed by atoms with Crippen LogP contribution in [0.1, 0.15) is 0 Å². The monoisotopic (exact) mass is 222 g/mol. The number of nitrogens with zero attached hydrogens (tertiary/aromatic N) is 2. The minimum absolute atomic E-state index is 1.08. The fourth-order valence-corrected chi connectivity index (χ4v) is 2.67. The van der Waals surface area contributed by atoms with E-state index in [1.807, 2.05) is 0 Å². The van der Waals surface area contributed by atoms with Crippen LogP contribution in [0.25, 0.3) is 0 Å². The molecule has 2 N–H and O–H groups in total. The van der Waals surface area contributed by atoms with Crippen LogP contribution in [0, 0.1) is 0 Å². The molecule has 0 aromatic rings. The summed E-state index contributed by atoms with van der Waals surface area (Å²) in [5.41, 5.74) is 2.60. The molecule has 0 aliphatic carbocycles. The van der Waals surface area contributed by atoms with Gasteiger partial charge in [-0.05, 0) is 12.2 Å². The third-order valence-electron chi connectivity index (χ3n) is 2.78. The predicted octanol–water partition coefficient (Wildman–Crippen LogP) is 0.613. The van der Waals surface area contributed by atoms with E-state index >= 15 is 0 Å². The largest absolute Gasteiger partial charge is 0.367 e. The molecule has 1 saturated heterocycles. The molecule has 0 bridgehead atoms. The molecule has 0 unspecified atom stereocenters. The molecule has 3 aliphatic rings. The zero-order valence-corrected chi connectivity index (χ0v) is 9.26. The van der Waals surface area contributed by atoms with E-state index in [-0.39, 0.29) is 0 Å². The molecule has 0 saturated carbocycles. The molecule has 0 atom stereocenters. The van der Waals surface area contributed by atoms with Gasteiger partial charge in [0.05, 0.1) is 23.5 Å². The van der Waals surface area contributed by atoms with E-state index in [0.29, 0.717) is 0 Å². The smallest absolute Gasteiger partial charge is 0.0934 e. The molecule has 3 rings (SSSR count). The number of piperazine rings is 1. The summed E-state index contributed by atoms with van der Waals surface area (Å²) >= 11 is 1.61. The molecule has 0 spiro atoms. The van der Waals surface area contributed by atoms with Crippen LogP contribution >= 0.6 is 12.1 Å². The van der Waals surface area contributed by atoms with Gasteiger partial charge in [-0.1, -0.05) is 0 Å². The molecule has 0 aromatic heterocycles. The number of allylic oxidation sites excluding steroid dienone is 2. The highest BCUT2D eigenvalue weighted by atomic mass is 32.2. The molecule has 0 amide bonds. The highest BCUT2D eigenvalue weighted by Crippen LogP contribution is 2.31. The van der Waals surface area contributed by atoms with Crippen molar-refractivity contribution in [1.29, 1.82) is 0 Å². The Kier molecular flexibility index (Phi) is 2.34. The van der Waals surface area contributed by atoms with Crippen molar-refractivity contribution in [2.24, 2.45) is 0 Å². The van der Waals surface area contributed by atoms with Gasteiger partial charge in [0.25, 0.3) is 0 Å². The van der Waals surface area contributed by atoms with E-state index in [1.165, 1.54) is 11.4 Å². The van der Waals surface area contributed by atoms with Crippen LogP contribution in [0.15, 0.2) is 35.9 Å². The average Bonchev–Trinajstić information content (AvgIpc) is 2.78. The standard InChI is InChI=1S/C10H14N4S/c1-2-9(13-6-3-11-4-7-13)10-8-12-15-14(10)5-1/h1-2,5,8,11-12H,3-4,6-7H2. The van der Waals surface area contributed by atoms with Gasteiger partial charge in [-0.2, -0.15) is 0 Å². The van der Waals surface area contributed by atoms with Crippen molar-refractivity contribution in [2.45, 2.75) is 0 Å². The Bertz CT molecular complexity index is 341. The van der Waals surface area contributed by atoms with E-state index in [9.17, 15) is 0 Å². The molecule has 3 heterocycles. The van der Waals surface area contributed by atoms with Gasteiger partial charge in [-0.15, -0.1) is 0 Å². The van der Waals surface area contributed by atoms with Gasteiger partial charge in [0.2, 0.25) is 0 Å². The van der Waals surface area contributed by atoms with Gasteiger partial charge in [-0.3, -0.25) is 4.31 Å². The van der Waals surface area contributed by atoms with Crippen LogP contribution in [-0.2, 0) is 0 Å². The van der Waals surface area contributed by atoms with Crippen LogP contribution in [0.2, 0.25) is 0 Å². The van der Waals surface area contributed by atoms with E-state index in [1.54, 1.807) is 12.1 Å². The summed E-state index contributed by atoms with van der Waals surface area (Å²) in [4.78, 5) is 2.44. The van der Waals surface area contributed by atoms with Gasteiger partial charge in [0.15, 0.2) is 0 Å². The fourth-order valence-electron chi connectivity index (χ4n) is 2.02. The van der Waals surface area contributed by atoms with E-state index in [4.69, 9.17) is 0 Å². The summed E-state index contributed by atoms with van der Waals surface area (Å²) in [5, 5.41) is 3.37. The summed E-state index contributed by atoms with van der Waals surface area (Å²) in [6, 6.07) is 0. The van der Waals surface area contributed by atoms with Gasteiger partial charge in [-0.25, -0.2) is 0 Å². The molecule has 80 valence electrons. The predicted molar refractivity (Wildman–Crippen MR) is 62.3 cm³/mol. The second-order valence-electron chi connectivity index (χ2n) is 3.69. The summed E-state index contributed by atoms with van der Waals surface area (Å²) in [5.74, 6) is 0. The molecule has 15 heavy (non-hydrogen) atoms. The quantitative estimate of drug-likeness (QED) is 0.635. The van der Waals surface area contributed by atoms with E-state index < -0.39 is 0 Å². The third-order valence-corrected chi connectivity index (χ3v) is 3.52. The number of nitrogens with one attached hydrogen (secondary N) is 2. The van der Waals surface area contributed by atoms with E-state index in [0.717, 1.165) is 26.2 Å². The van der Waals surface area contributed by atoms with Crippen molar-refractivity contribution < 1.29 is 0 Å². The Morgan fingerprint density at radius 3 is 2.93 bits per heavy atom. The van der Waals surface area contributed by atoms with Crippen LogP contribution in [0.5, 0.6) is 0 Å². The minimum Gasteiger partial charge on any atom is -0.367 e. The summed E-state index contributed by atoms with van der Waals surface area (Å²) in [7, 11) is 0. The molecule has 3 aliphatic heterocycles. The van der Waals surface area contributed by atoms with Gasteiger partial charge >= 0.3 is 0 Å². The van der Waals surface area contributed by atoms with Crippen LogP contribution in [0.4, 0.5) is 0 Å². The number of fused-ring (bicyclic) bond motifs is 1. The maximum absolute atomic E-state index is 3.37. The lowest BCUT2D eigenvalue weighted by Crippen LogP contribution is -2.43. The molecule has 5 heteroatoms. The first-order chi connectivity index (χ1) is 7.45. The number of hydrogen-bond acceptors (Lipinski definition) is 5. The highest BCUT2D eigenvalue weighted by Gasteiger charge is 2.24. The maximum Gasteiger partial charge on any atom is 0.0934 e. The molecular formula is C10H14N4S. The van der Waals surface area contributed by atoms with Crippen molar-refractivity contribution in [1.82, 2.24) is 19.2 Å². The highest BCUT2D eigenvalue weighted by molar-refractivity contribution is 7.95. The van der Waals surface area contributed by atoms with Crippen molar-refractivity contribution in [3.8, 4) is 0 Å². The fraction of sp³-hybridized carbons (Fsp3) is 0.400. The van der Waals surface area contributed by atoms with Crippen LogP contribution in [0.3, 0.4) is 0 Å². The Morgan fingerprint density at radius 1 is 1.20 bits per heavy atom. The lowest BCUT2D eigenvalue weighted by molar-refractivity contribution is 0.298. The Labute approximate surface area is 94.0 Å². The van der Waals surface area contributed by atoms with E-state index in [2.05, 4.69) is 43.8 Å². The third kappa shape index (κ3) is 1.61. The zero-order chi connectivity index (χ0) is 10.1. The average molecular weight is 222 g/mol. The van der Waals surface area contributed by atoms with Crippen molar-refractivity contribution in [3.05, 3.63) is 35.9 Å². The lowest BCUT2D eigenvalue weighted by Gasteiger charge is -2.34. The van der Waals surface area contributed by atoms with Crippen molar-refractivity contribution in [3.63, 3.8) is 0 Å². The second kappa shape index (κ2) is 3.83. The molecule has 1 fully saturated rings. The summed E-state index contributed by atoms with van der Waals surface area (Å²) in [6.45, 7) is 4.34. The second-order valence-corrected chi connectivity index (χ2v) is 4.51. The number of rotatable bonds is 1. The summed E-state index contributed by atoms with van der Waals surface area (Å²) < 4.78 is 5.34. The first-order valence-electron chi connectivity index (χ1n) is 5.21. The van der Waals surface area contributed by atoms with Crippen LogP contribution in [-0.4, -0.2) is 35.4 Å². The molecular weight excluding hydrogens is 208 g/mol. The first kappa shape index (κ1) is 9.18. The van der Waals surface area contributed by atoms with Crippen molar-refractivity contribution >= 4 is 12.1 Å². The minimum atomic E-state index is 1.08. The maximum atomic E-state index is 3.37. The normalized spacial score (nSPS) is 24.5. The Hall–Kier alpha value is -1.07. The first-order valence-corrected chi connectivity index (χ1v) is 5.99. The van der Waals surface area contributed by atoms with Crippen LogP contribution < -0.4 is 10.0 Å². The number of hydrogen-bond donors (Lipinski definition) is 2. The SMILES string of the molecule is C1=CN2SNC=C2C(N2CCNCC2)=C1. The lowest BCUT2D eigenvalue weighted by atomic mass is 10.2. The zero-order valence-electron chi connectivity index (χ0n) is 8.44. The Morgan fingerprint density at radius 2 is 2.07 bits per heavy atom. The van der Waals surface area contributed by atoms with Gasteiger partial charge in [0, 0.05) is 38.6 Å². The van der Waals surface area contributed by atoms with Gasteiger partial charge in [0.1, 0.15) is 0 Å². The van der Waals surface area contributed by atoms with Gasteiger partial charge < -0.3 is 14.9 Å². The van der Waals surface area contributed by atoms with Crippen molar-refractivity contribution in [2.75, 3.05) is 26.2 Å². The molecule has 0 aromatic carbocycles. The topological polar surface area (TPSA) is 30.5 Å².